The second-order valence-electron chi connectivity index (χ2n) is 11.1. The van der Waals surface area contributed by atoms with Crippen LogP contribution in [0.5, 0.6) is 0 Å². The third-order valence-electron chi connectivity index (χ3n) is 8.23. The lowest BCUT2D eigenvalue weighted by Gasteiger charge is -2.27. The summed E-state index contributed by atoms with van der Waals surface area (Å²) in [6.07, 6.45) is 10.4. The van der Waals surface area contributed by atoms with Gasteiger partial charge in [-0.15, -0.1) is 0 Å². The van der Waals surface area contributed by atoms with Crippen molar-refractivity contribution in [1.29, 1.82) is 0 Å². The molecule has 3 N–H and O–H groups in total. The maximum atomic E-state index is 13.6. The van der Waals surface area contributed by atoms with Crippen LogP contribution in [0.4, 0.5) is 5.69 Å². The van der Waals surface area contributed by atoms with Gasteiger partial charge in [0.1, 0.15) is 5.54 Å². The van der Waals surface area contributed by atoms with E-state index in [0.717, 1.165) is 35.8 Å². The normalized spacial score (nSPS) is 19.1. The van der Waals surface area contributed by atoms with Crippen LogP contribution in [-0.2, 0) is 14.3 Å². The standard InChI is InChI=1S/C33H33N5O5/c39-29(40)16-11-22-9-13-25(14-10-22)35-32(42)33(17-19-43-21-33)36-31(41)24-12-15-26-27(20-24)37-38(28-8-4-5-18-34-28)30(26)23-6-2-1-3-7-23/h4-5,8-16,18,20,23H,1-3,6-7,17,19,21H2,(H,35,42)(H,36,41)(H,39,40)/t33-/m1/s1. The molecule has 1 saturated heterocycles. The van der Waals surface area contributed by atoms with Crippen molar-refractivity contribution in [1.82, 2.24) is 20.1 Å². The highest BCUT2D eigenvalue weighted by Crippen LogP contribution is 2.37. The zero-order chi connectivity index (χ0) is 29.8. The van der Waals surface area contributed by atoms with E-state index in [4.69, 9.17) is 14.9 Å². The molecule has 0 spiro atoms. The first-order valence-corrected chi connectivity index (χ1v) is 14.6. The maximum Gasteiger partial charge on any atom is 0.328 e. The molecule has 0 unspecified atom stereocenters. The van der Waals surface area contributed by atoms with Gasteiger partial charge in [-0.2, -0.15) is 5.10 Å². The number of benzene rings is 2. The predicted molar refractivity (Wildman–Crippen MR) is 162 cm³/mol. The Balaban J connectivity index is 1.24. The molecular weight excluding hydrogens is 546 g/mol. The summed E-state index contributed by atoms with van der Waals surface area (Å²) in [4.78, 5) is 42.4. The van der Waals surface area contributed by atoms with Crippen LogP contribution in [0.25, 0.3) is 22.8 Å². The van der Waals surface area contributed by atoms with Gasteiger partial charge in [0.25, 0.3) is 11.8 Å². The first-order valence-electron chi connectivity index (χ1n) is 14.6. The molecule has 2 aliphatic rings. The number of ether oxygens (including phenoxy) is 1. The Kier molecular flexibility index (Phi) is 8.02. The number of carboxylic acids is 1. The third-order valence-corrected chi connectivity index (χ3v) is 8.23. The number of anilines is 1. The van der Waals surface area contributed by atoms with Crippen LogP contribution in [0, 0.1) is 0 Å². The summed E-state index contributed by atoms with van der Waals surface area (Å²) in [7, 11) is 0. The fourth-order valence-corrected chi connectivity index (χ4v) is 5.96. The largest absolute Gasteiger partial charge is 0.478 e. The molecule has 1 atom stereocenters. The Hall–Kier alpha value is -4.83. The number of amides is 2. The number of hydrogen-bond acceptors (Lipinski definition) is 6. The third kappa shape index (κ3) is 6.05. The lowest BCUT2D eigenvalue weighted by atomic mass is 9.85. The van der Waals surface area contributed by atoms with Crippen molar-refractivity contribution in [2.24, 2.45) is 0 Å². The molecule has 43 heavy (non-hydrogen) atoms. The van der Waals surface area contributed by atoms with Gasteiger partial charge < -0.3 is 20.5 Å². The Labute approximate surface area is 248 Å². The number of nitrogens with one attached hydrogen (secondary N) is 2. The summed E-state index contributed by atoms with van der Waals surface area (Å²) >= 11 is 0. The van der Waals surface area contributed by atoms with Crippen molar-refractivity contribution in [2.75, 3.05) is 18.5 Å². The summed E-state index contributed by atoms with van der Waals surface area (Å²) in [6, 6.07) is 18.0. The Morgan fingerprint density at radius 2 is 1.84 bits per heavy atom. The molecular formula is C33H33N5O5. The molecule has 1 aliphatic heterocycles. The minimum absolute atomic E-state index is 0.0480. The second kappa shape index (κ2) is 12.2. The van der Waals surface area contributed by atoms with Crippen molar-refractivity contribution in [2.45, 2.75) is 50.0 Å². The summed E-state index contributed by atoms with van der Waals surface area (Å²) in [5.74, 6) is -0.697. The van der Waals surface area contributed by atoms with Crippen molar-refractivity contribution in [3.63, 3.8) is 0 Å². The average molecular weight is 580 g/mol. The quantitative estimate of drug-likeness (QED) is 0.247. The summed E-state index contributed by atoms with van der Waals surface area (Å²) < 4.78 is 7.49. The van der Waals surface area contributed by atoms with E-state index in [-0.39, 0.29) is 18.4 Å². The fraction of sp³-hybridized carbons (Fsp3) is 0.303. The first kappa shape index (κ1) is 28.3. The van der Waals surface area contributed by atoms with Crippen LogP contribution in [0.3, 0.4) is 0 Å². The van der Waals surface area contributed by atoms with Gasteiger partial charge in [-0.05, 0) is 60.9 Å². The number of hydrogen-bond donors (Lipinski definition) is 3. The highest BCUT2D eigenvalue weighted by Gasteiger charge is 2.44. The van der Waals surface area contributed by atoms with Gasteiger partial charge in [-0.1, -0.05) is 43.5 Å². The lowest BCUT2D eigenvalue weighted by molar-refractivity contribution is -0.131. The summed E-state index contributed by atoms with van der Waals surface area (Å²) in [6.45, 7) is 0.386. The van der Waals surface area contributed by atoms with Gasteiger partial charge in [0, 0.05) is 47.9 Å². The number of aliphatic carboxylic acids is 1. The van der Waals surface area contributed by atoms with E-state index in [1.165, 1.54) is 25.3 Å². The van der Waals surface area contributed by atoms with Crippen LogP contribution in [0.15, 0.2) is 72.9 Å². The SMILES string of the molecule is O=C(O)C=Cc1ccc(NC(=O)[C@@]2(NC(=O)c3ccc4c(C5CCCCC5)n(-c5ccccn5)nc4c3)CCOC2)cc1. The van der Waals surface area contributed by atoms with Crippen molar-refractivity contribution in [3.8, 4) is 5.82 Å². The van der Waals surface area contributed by atoms with Crippen LogP contribution < -0.4 is 10.6 Å². The fourth-order valence-electron chi connectivity index (χ4n) is 5.96. The van der Waals surface area contributed by atoms with E-state index in [9.17, 15) is 14.4 Å². The summed E-state index contributed by atoms with van der Waals surface area (Å²) in [5.41, 5.74) is 2.20. The minimum Gasteiger partial charge on any atom is -0.478 e. The molecule has 2 fully saturated rings. The Morgan fingerprint density at radius 3 is 2.53 bits per heavy atom. The first-order chi connectivity index (χ1) is 20.9. The predicted octanol–water partition coefficient (Wildman–Crippen LogP) is 5.09. The molecule has 0 radical (unpaired) electrons. The van der Waals surface area contributed by atoms with E-state index in [2.05, 4.69) is 15.6 Å². The lowest BCUT2D eigenvalue weighted by Crippen LogP contribution is -2.57. The van der Waals surface area contributed by atoms with Crippen molar-refractivity contribution in [3.05, 3.63) is 89.8 Å². The maximum absolute atomic E-state index is 13.6. The molecule has 2 amide bonds. The van der Waals surface area contributed by atoms with Crippen LogP contribution >= 0.6 is 0 Å². The molecule has 0 bridgehead atoms. The molecule has 6 rings (SSSR count). The minimum atomic E-state index is -1.24. The topological polar surface area (TPSA) is 135 Å². The molecule has 2 aromatic carbocycles. The molecule has 3 heterocycles. The zero-order valence-electron chi connectivity index (χ0n) is 23.7. The number of nitrogens with zero attached hydrogens (tertiary/aromatic N) is 3. The summed E-state index contributed by atoms with van der Waals surface area (Å²) in [5, 5.41) is 20.6. The van der Waals surface area contributed by atoms with Gasteiger partial charge in [-0.3, -0.25) is 9.59 Å². The van der Waals surface area contributed by atoms with Gasteiger partial charge >= 0.3 is 5.97 Å². The van der Waals surface area contributed by atoms with E-state index in [0.29, 0.717) is 41.3 Å². The highest BCUT2D eigenvalue weighted by molar-refractivity contribution is 6.05. The average Bonchev–Trinajstić information content (AvgIpc) is 3.67. The molecule has 2 aromatic heterocycles. The van der Waals surface area contributed by atoms with Gasteiger partial charge in [0.15, 0.2) is 5.82 Å². The van der Waals surface area contributed by atoms with Crippen LogP contribution in [-0.4, -0.2) is 56.4 Å². The smallest absolute Gasteiger partial charge is 0.328 e. The molecule has 1 aliphatic carbocycles. The number of carbonyl (C=O) groups excluding carboxylic acids is 2. The van der Waals surface area contributed by atoms with E-state index >= 15 is 0 Å². The zero-order valence-corrected chi connectivity index (χ0v) is 23.7. The van der Waals surface area contributed by atoms with Crippen molar-refractivity contribution >= 4 is 40.4 Å². The molecule has 10 nitrogen and oxygen atoms in total. The van der Waals surface area contributed by atoms with Gasteiger partial charge in [-0.25, -0.2) is 14.5 Å². The molecule has 1 saturated carbocycles. The van der Waals surface area contributed by atoms with Gasteiger partial charge in [0.2, 0.25) is 0 Å². The second-order valence-corrected chi connectivity index (χ2v) is 11.1. The van der Waals surface area contributed by atoms with E-state index in [1.54, 1.807) is 42.6 Å². The number of carboxylic acid groups (broad SMARTS) is 1. The molecule has 10 heteroatoms. The highest BCUT2D eigenvalue weighted by atomic mass is 16.5. The number of aromatic nitrogens is 3. The van der Waals surface area contributed by atoms with E-state index < -0.39 is 11.5 Å². The Bertz CT molecular complexity index is 1670. The number of pyridine rings is 1. The number of carbonyl (C=O) groups is 3. The number of rotatable bonds is 8. The Morgan fingerprint density at radius 1 is 1.02 bits per heavy atom. The molecule has 220 valence electrons. The van der Waals surface area contributed by atoms with Crippen molar-refractivity contribution < 1.29 is 24.2 Å². The monoisotopic (exact) mass is 579 g/mol. The molecule has 4 aromatic rings. The van der Waals surface area contributed by atoms with Crippen LogP contribution in [0.2, 0.25) is 0 Å². The van der Waals surface area contributed by atoms with Crippen LogP contribution in [0.1, 0.15) is 66.1 Å². The van der Waals surface area contributed by atoms with Gasteiger partial charge in [0.05, 0.1) is 17.8 Å². The number of fused-ring (bicyclic) bond motifs is 1. The van der Waals surface area contributed by atoms with E-state index in [1.807, 2.05) is 28.9 Å².